The molecule has 21 heavy (non-hydrogen) atoms. The van der Waals surface area contributed by atoms with Gasteiger partial charge >= 0.3 is 0 Å². The average Bonchev–Trinajstić information content (AvgIpc) is 2.98. The Kier molecular flexibility index (Phi) is 3.88. The summed E-state index contributed by atoms with van der Waals surface area (Å²) < 4.78 is 0. The van der Waals surface area contributed by atoms with E-state index in [0.29, 0.717) is 17.9 Å². The van der Waals surface area contributed by atoms with Crippen LogP contribution in [0, 0.1) is 0 Å². The van der Waals surface area contributed by atoms with Crippen LogP contribution in [0.4, 0.5) is 5.82 Å². The van der Waals surface area contributed by atoms with Crippen LogP contribution < -0.4 is 5.73 Å². The van der Waals surface area contributed by atoms with Crippen LogP contribution in [0.5, 0.6) is 0 Å². The molecule has 2 N–H and O–H groups in total. The summed E-state index contributed by atoms with van der Waals surface area (Å²) in [4.78, 5) is 11.6. The van der Waals surface area contributed by atoms with Crippen LogP contribution in [-0.2, 0) is 0 Å². The maximum Gasteiger partial charge on any atom is 0.123 e. The lowest BCUT2D eigenvalue weighted by Crippen LogP contribution is -2.30. The summed E-state index contributed by atoms with van der Waals surface area (Å²) in [6, 6.07) is 11.0. The third-order valence-corrected chi connectivity index (χ3v) is 4.15. The van der Waals surface area contributed by atoms with Crippen molar-refractivity contribution in [1.29, 1.82) is 0 Å². The molecule has 4 heteroatoms. The molecule has 0 amide bonds. The summed E-state index contributed by atoms with van der Waals surface area (Å²) in [5.41, 5.74) is 8.79. The molecule has 0 aliphatic carbocycles. The summed E-state index contributed by atoms with van der Waals surface area (Å²) in [7, 11) is 0. The normalized spacial score (nSPS) is 19.3. The molecular weight excluding hydrogens is 260 g/mol. The molecule has 1 fully saturated rings. The van der Waals surface area contributed by atoms with Crippen LogP contribution in [0.15, 0.2) is 36.5 Å². The molecule has 1 saturated heterocycles. The predicted molar refractivity (Wildman–Crippen MR) is 85.7 cm³/mol. The molecule has 0 aromatic carbocycles. The summed E-state index contributed by atoms with van der Waals surface area (Å²) in [6.07, 6.45) is 4.23. The van der Waals surface area contributed by atoms with Gasteiger partial charge in [-0.3, -0.25) is 9.88 Å². The quantitative estimate of drug-likeness (QED) is 0.938. The fourth-order valence-electron chi connectivity index (χ4n) is 3.08. The van der Waals surface area contributed by atoms with Crippen molar-refractivity contribution < 1.29 is 0 Å². The molecule has 1 aliphatic heterocycles. The molecule has 4 nitrogen and oxygen atoms in total. The number of hydrogen-bond donors (Lipinski definition) is 1. The van der Waals surface area contributed by atoms with E-state index in [0.717, 1.165) is 23.5 Å². The first kappa shape index (κ1) is 14.0. The van der Waals surface area contributed by atoms with Gasteiger partial charge in [-0.2, -0.15) is 0 Å². The third-order valence-electron chi connectivity index (χ3n) is 4.15. The Morgan fingerprint density at radius 2 is 2.10 bits per heavy atom. The number of nitrogens with zero attached hydrogens (tertiary/aromatic N) is 3. The second-order valence-electron chi connectivity index (χ2n) is 5.91. The second-order valence-corrected chi connectivity index (χ2v) is 5.91. The molecule has 3 heterocycles. The van der Waals surface area contributed by atoms with Crippen LogP contribution in [0.2, 0.25) is 0 Å². The molecule has 0 spiro atoms. The highest BCUT2D eigenvalue weighted by atomic mass is 15.2. The summed E-state index contributed by atoms with van der Waals surface area (Å²) in [5, 5.41) is 0. The molecule has 0 radical (unpaired) electrons. The first-order chi connectivity index (χ1) is 10.1. The van der Waals surface area contributed by atoms with Crippen LogP contribution in [0.25, 0.3) is 11.3 Å². The molecule has 1 unspecified atom stereocenters. The van der Waals surface area contributed by atoms with Gasteiger partial charge in [-0.15, -0.1) is 0 Å². The van der Waals surface area contributed by atoms with Gasteiger partial charge in [0.2, 0.25) is 0 Å². The Bertz CT molecular complexity index is 606. The molecule has 2 aromatic rings. The number of nitrogens with two attached hydrogens (primary N) is 1. The number of nitrogen functional groups attached to an aromatic ring is 1. The van der Waals surface area contributed by atoms with Gasteiger partial charge in [0.25, 0.3) is 0 Å². The third kappa shape index (κ3) is 2.90. The maximum absolute atomic E-state index is 5.65. The van der Waals surface area contributed by atoms with Crippen molar-refractivity contribution in [3.63, 3.8) is 0 Å². The topological polar surface area (TPSA) is 55.0 Å². The van der Waals surface area contributed by atoms with Gasteiger partial charge in [-0.25, -0.2) is 4.98 Å². The van der Waals surface area contributed by atoms with Gasteiger partial charge in [-0.1, -0.05) is 6.07 Å². The Labute approximate surface area is 126 Å². The molecule has 0 saturated carbocycles. The molecular formula is C17H22N4. The zero-order valence-electron chi connectivity index (χ0n) is 12.7. The predicted octanol–water partition coefficient (Wildman–Crippen LogP) is 3.27. The Balaban J connectivity index is 1.91. The van der Waals surface area contributed by atoms with Crippen molar-refractivity contribution in [2.24, 2.45) is 0 Å². The van der Waals surface area contributed by atoms with Gasteiger partial charge in [0.15, 0.2) is 0 Å². The van der Waals surface area contributed by atoms with E-state index in [9.17, 15) is 0 Å². The minimum atomic E-state index is 0.437. The number of rotatable bonds is 3. The van der Waals surface area contributed by atoms with Crippen molar-refractivity contribution in [3.05, 3.63) is 42.2 Å². The fraction of sp³-hybridized carbons (Fsp3) is 0.412. The minimum absolute atomic E-state index is 0.437. The average molecular weight is 282 g/mol. The van der Waals surface area contributed by atoms with E-state index in [4.69, 9.17) is 10.7 Å². The molecule has 1 aliphatic rings. The standard InChI is InChI=1S/C17H22N4/c1-12(2)21-10-4-7-16(21)15-6-3-5-14(20-15)13-8-9-17(18)19-11-13/h3,5-6,8-9,11-12,16H,4,7,10H2,1-2H3,(H2,18,19). The Morgan fingerprint density at radius 3 is 2.81 bits per heavy atom. The summed E-state index contributed by atoms with van der Waals surface area (Å²) in [5.74, 6) is 0.539. The van der Waals surface area contributed by atoms with Crippen LogP contribution >= 0.6 is 0 Å². The van der Waals surface area contributed by atoms with Crippen molar-refractivity contribution in [1.82, 2.24) is 14.9 Å². The molecule has 3 rings (SSSR count). The zero-order chi connectivity index (χ0) is 14.8. The lowest BCUT2D eigenvalue weighted by Gasteiger charge is -2.28. The maximum atomic E-state index is 5.65. The first-order valence-corrected chi connectivity index (χ1v) is 7.60. The highest BCUT2D eigenvalue weighted by Gasteiger charge is 2.28. The van der Waals surface area contributed by atoms with Crippen molar-refractivity contribution in [3.8, 4) is 11.3 Å². The zero-order valence-corrected chi connectivity index (χ0v) is 12.7. The highest BCUT2D eigenvalue weighted by molar-refractivity contribution is 5.59. The SMILES string of the molecule is CC(C)N1CCCC1c1cccc(-c2ccc(N)nc2)n1. The largest absolute Gasteiger partial charge is 0.384 e. The van der Waals surface area contributed by atoms with Gasteiger partial charge in [-0.05, 0) is 57.5 Å². The Morgan fingerprint density at radius 1 is 1.24 bits per heavy atom. The van der Waals surface area contributed by atoms with E-state index >= 15 is 0 Å². The van der Waals surface area contributed by atoms with Crippen LogP contribution in [0.3, 0.4) is 0 Å². The number of pyridine rings is 2. The molecule has 0 bridgehead atoms. The monoisotopic (exact) mass is 282 g/mol. The van der Waals surface area contributed by atoms with E-state index in [1.807, 2.05) is 18.2 Å². The lowest BCUT2D eigenvalue weighted by molar-refractivity contribution is 0.202. The van der Waals surface area contributed by atoms with E-state index in [1.54, 1.807) is 6.20 Å². The number of anilines is 1. The number of aromatic nitrogens is 2. The van der Waals surface area contributed by atoms with E-state index < -0.39 is 0 Å². The number of likely N-dealkylation sites (tertiary alicyclic amines) is 1. The minimum Gasteiger partial charge on any atom is -0.384 e. The van der Waals surface area contributed by atoms with Crippen LogP contribution in [0.1, 0.15) is 38.4 Å². The van der Waals surface area contributed by atoms with Crippen LogP contribution in [-0.4, -0.2) is 27.5 Å². The van der Waals surface area contributed by atoms with Gasteiger partial charge < -0.3 is 5.73 Å². The fourth-order valence-corrected chi connectivity index (χ4v) is 3.08. The Hall–Kier alpha value is -1.94. The van der Waals surface area contributed by atoms with Crippen molar-refractivity contribution in [2.45, 2.75) is 38.8 Å². The van der Waals surface area contributed by atoms with E-state index in [2.05, 4.69) is 35.9 Å². The second kappa shape index (κ2) is 5.82. The van der Waals surface area contributed by atoms with Gasteiger partial charge in [0.1, 0.15) is 5.82 Å². The molecule has 110 valence electrons. The number of hydrogen-bond acceptors (Lipinski definition) is 4. The smallest absolute Gasteiger partial charge is 0.123 e. The van der Waals surface area contributed by atoms with Crippen molar-refractivity contribution in [2.75, 3.05) is 12.3 Å². The summed E-state index contributed by atoms with van der Waals surface area (Å²) >= 11 is 0. The molecule has 2 aromatic heterocycles. The van der Waals surface area contributed by atoms with Gasteiger partial charge in [0, 0.05) is 17.8 Å². The molecule has 1 atom stereocenters. The highest BCUT2D eigenvalue weighted by Crippen LogP contribution is 2.33. The van der Waals surface area contributed by atoms with E-state index in [1.165, 1.54) is 12.8 Å². The van der Waals surface area contributed by atoms with E-state index in [-0.39, 0.29) is 0 Å². The first-order valence-electron chi connectivity index (χ1n) is 7.60. The summed E-state index contributed by atoms with van der Waals surface area (Å²) in [6.45, 7) is 5.68. The van der Waals surface area contributed by atoms with Crippen molar-refractivity contribution >= 4 is 5.82 Å². The lowest BCUT2D eigenvalue weighted by atomic mass is 10.1. The van der Waals surface area contributed by atoms with Gasteiger partial charge in [0.05, 0.1) is 17.4 Å².